The third-order valence-corrected chi connectivity index (χ3v) is 6.64. The summed E-state index contributed by atoms with van der Waals surface area (Å²) in [5.74, 6) is -0.0559. The molecule has 0 fully saturated rings. The molecule has 0 aliphatic heterocycles. The minimum atomic E-state index is -4.02. The molecule has 0 bridgehead atoms. The monoisotopic (exact) mass is 459 g/mol. The number of hydrogen-bond donors (Lipinski definition) is 1. The standard InChI is InChI=1S/C22H22ClN3O4S/c1-16-3-6-19(7-4-16)31(28,29)26(18-5-8-21(30-2)20(23)13-18)15-22(27)25-14-17-9-11-24-12-10-17/h3-13H,14-15H2,1-2H3,(H,25,27). The highest BCUT2D eigenvalue weighted by Crippen LogP contribution is 2.31. The number of rotatable bonds is 8. The molecule has 0 saturated carbocycles. The van der Waals surface area contributed by atoms with Crippen LogP contribution in [0.1, 0.15) is 11.1 Å². The summed E-state index contributed by atoms with van der Waals surface area (Å²) in [6.45, 7) is 1.71. The summed E-state index contributed by atoms with van der Waals surface area (Å²) in [5, 5.41) is 2.98. The Kier molecular flexibility index (Phi) is 7.14. The van der Waals surface area contributed by atoms with Crippen LogP contribution in [0.2, 0.25) is 5.02 Å². The van der Waals surface area contributed by atoms with E-state index in [1.165, 1.54) is 25.3 Å². The van der Waals surface area contributed by atoms with Gasteiger partial charge in [-0.2, -0.15) is 0 Å². The number of ether oxygens (including phenoxy) is 1. The normalized spacial score (nSPS) is 11.1. The second-order valence-corrected chi connectivity index (χ2v) is 9.05. The number of anilines is 1. The third-order valence-electron chi connectivity index (χ3n) is 4.56. The fraction of sp³-hybridized carbons (Fsp3) is 0.182. The molecular weight excluding hydrogens is 438 g/mol. The Morgan fingerprint density at radius 1 is 1.10 bits per heavy atom. The van der Waals surface area contributed by atoms with Crippen molar-refractivity contribution < 1.29 is 17.9 Å². The number of aromatic nitrogens is 1. The smallest absolute Gasteiger partial charge is 0.264 e. The van der Waals surface area contributed by atoms with Gasteiger partial charge in [0.15, 0.2) is 0 Å². The van der Waals surface area contributed by atoms with Crippen molar-refractivity contribution in [1.82, 2.24) is 10.3 Å². The molecule has 2 aromatic carbocycles. The Labute approximate surface area is 186 Å². The molecule has 1 amide bonds. The zero-order chi connectivity index (χ0) is 22.4. The number of nitrogens with zero attached hydrogens (tertiary/aromatic N) is 2. The van der Waals surface area contributed by atoms with Crippen LogP contribution in [0.4, 0.5) is 5.69 Å². The first kappa shape index (κ1) is 22.6. The molecule has 0 radical (unpaired) electrons. The lowest BCUT2D eigenvalue weighted by atomic mass is 10.2. The molecule has 31 heavy (non-hydrogen) atoms. The number of carbonyl (C=O) groups excluding carboxylic acids is 1. The van der Waals surface area contributed by atoms with Crippen molar-refractivity contribution in [2.75, 3.05) is 18.0 Å². The molecule has 162 valence electrons. The van der Waals surface area contributed by atoms with Crippen LogP contribution in [-0.4, -0.2) is 33.0 Å². The molecule has 0 unspecified atom stereocenters. The average molecular weight is 460 g/mol. The van der Waals surface area contributed by atoms with Gasteiger partial charge < -0.3 is 10.1 Å². The number of amides is 1. The highest BCUT2D eigenvalue weighted by atomic mass is 35.5. The molecule has 0 aliphatic carbocycles. The SMILES string of the molecule is COc1ccc(N(CC(=O)NCc2ccncc2)S(=O)(=O)c2ccc(C)cc2)cc1Cl. The Morgan fingerprint density at radius 2 is 1.77 bits per heavy atom. The predicted molar refractivity (Wildman–Crippen MR) is 120 cm³/mol. The van der Waals surface area contributed by atoms with E-state index in [4.69, 9.17) is 16.3 Å². The molecule has 0 saturated heterocycles. The van der Waals surface area contributed by atoms with Crippen LogP contribution >= 0.6 is 11.6 Å². The molecule has 0 atom stereocenters. The summed E-state index contributed by atoms with van der Waals surface area (Å²) < 4.78 is 32.9. The van der Waals surface area contributed by atoms with Gasteiger partial charge in [-0.05, 0) is 55.0 Å². The van der Waals surface area contributed by atoms with E-state index in [1.807, 2.05) is 6.92 Å². The van der Waals surface area contributed by atoms with Gasteiger partial charge in [0, 0.05) is 18.9 Å². The third kappa shape index (κ3) is 5.53. The van der Waals surface area contributed by atoms with E-state index < -0.39 is 22.5 Å². The summed E-state index contributed by atoms with van der Waals surface area (Å²) in [4.78, 5) is 16.7. The van der Waals surface area contributed by atoms with Gasteiger partial charge in [-0.1, -0.05) is 29.3 Å². The topological polar surface area (TPSA) is 88.6 Å². The molecule has 1 heterocycles. The number of benzene rings is 2. The number of methoxy groups -OCH3 is 1. The molecule has 3 rings (SSSR count). The van der Waals surface area contributed by atoms with E-state index in [0.29, 0.717) is 5.75 Å². The van der Waals surface area contributed by atoms with Gasteiger partial charge in [0.05, 0.1) is 22.7 Å². The van der Waals surface area contributed by atoms with Crippen molar-refractivity contribution >= 4 is 33.2 Å². The van der Waals surface area contributed by atoms with Gasteiger partial charge in [0.1, 0.15) is 12.3 Å². The quantitative estimate of drug-likeness (QED) is 0.556. The summed E-state index contributed by atoms with van der Waals surface area (Å²) in [6.07, 6.45) is 3.24. The molecule has 1 aromatic heterocycles. The zero-order valence-electron chi connectivity index (χ0n) is 17.1. The number of sulfonamides is 1. The highest BCUT2D eigenvalue weighted by molar-refractivity contribution is 7.92. The maximum atomic E-state index is 13.4. The number of pyridine rings is 1. The molecule has 1 N–H and O–H groups in total. The fourth-order valence-electron chi connectivity index (χ4n) is 2.85. The van der Waals surface area contributed by atoms with Gasteiger partial charge in [0.2, 0.25) is 5.91 Å². The molecule has 0 aliphatic rings. The summed E-state index contributed by atoms with van der Waals surface area (Å²) >= 11 is 6.22. The van der Waals surface area contributed by atoms with E-state index in [1.54, 1.807) is 48.8 Å². The summed E-state index contributed by atoms with van der Waals surface area (Å²) in [7, 11) is -2.56. The Balaban J connectivity index is 1.91. The van der Waals surface area contributed by atoms with E-state index in [9.17, 15) is 13.2 Å². The maximum Gasteiger partial charge on any atom is 0.264 e. The molecule has 3 aromatic rings. The number of nitrogens with one attached hydrogen (secondary N) is 1. The highest BCUT2D eigenvalue weighted by Gasteiger charge is 2.27. The van der Waals surface area contributed by atoms with Gasteiger partial charge in [-0.25, -0.2) is 8.42 Å². The lowest BCUT2D eigenvalue weighted by molar-refractivity contribution is -0.119. The largest absolute Gasteiger partial charge is 0.495 e. The Bertz CT molecular complexity index is 1150. The minimum absolute atomic E-state index is 0.0759. The zero-order valence-corrected chi connectivity index (χ0v) is 18.7. The minimum Gasteiger partial charge on any atom is -0.495 e. The second-order valence-electron chi connectivity index (χ2n) is 6.78. The van der Waals surface area contributed by atoms with Crippen LogP contribution in [0.5, 0.6) is 5.75 Å². The molecule has 0 spiro atoms. The van der Waals surface area contributed by atoms with Crippen LogP contribution in [0, 0.1) is 6.92 Å². The second kappa shape index (κ2) is 9.80. The first-order valence-electron chi connectivity index (χ1n) is 9.40. The van der Waals surface area contributed by atoms with Crippen molar-refractivity contribution in [3.05, 3.63) is 83.1 Å². The lowest BCUT2D eigenvalue weighted by Crippen LogP contribution is -2.40. The molecule has 9 heteroatoms. The number of hydrogen-bond acceptors (Lipinski definition) is 5. The first-order chi connectivity index (χ1) is 14.8. The summed E-state index contributed by atoms with van der Waals surface area (Å²) in [6, 6.07) is 14.5. The van der Waals surface area contributed by atoms with Crippen molar-refractivity contribution in [1.29, 1.82) is 0 Å². The van der Waals surface area contributed by atoms with Gasteiger partial charge >= 0.3 is 0 Å². The predicted octanol–water partition coefficient (Wildman–Crippen LogP) is 3.56. The van der Waals surface area contributed by atoms with E-state index in [2.05, 4.69) is 10.3 Å². The van der Waals surface area contributed by atoms with Crippen LogP contribution in [0.15, 0.2) is 71.9 Å². The van der Waals surface area contributed by atoms with Crippen molar-refractivity contribution in [2.45, 2.75) is 18.4 Å². The maximum absolute atomic E-state index is 13.4. The van der Waals surface area contributed by atoms with Crippen LogP contribution in [0.25, 0.3) is 0 Å². The number of aryl methyl sites for hydroxylation is 1. The van der Waals surface area contributed by atoms with Crippen molar-refractivity contribution in [3.8, 4) is 5.75 Å². The number of halogens is 1. The van der Waals surface area contributed by atoms with E-state index in [0.717, 1.165) is 15.4 Å². The van der Waals surface area contributed by atoms with Gasteiger partial charge in [-0.15, -0.1) is 0 Å². The van der Waals surface area contributed by atoms with Crippen molar-refractivity contribution in [2.24, 2.45) is 0 Å². The Morgan fingerprint density at radius 3 is 2.39 bits per heavy atom. The van der Waals surface area contributed by atoms with E-state index >= 15 is 0 Å². The fourth-order valence-corrected chi connectivity index (χ4v) is 4.52. The number of carbonyl (C=O) groups is 1. The van der Waals surface area contributed by atoms with Crippen LogP contribution in [-0.2, 0) is 21.4 Å². The Hall–Kier alpha value is -3.10. The summed E-state index contributed by atoms with van der Waals surface area (Å²) in [5.41, 5.74) is 2.03. The first-order valence-corrected chi connectivity index (χ1v) is 11.2. The van der Waals surface area contributed by atoms with Gasteiger partial charge in [-0.3, -0.25) is 14.1 Å². The lowest BCUT2D eigenvalue weighted by Gasteiger charge is -2.24. The van der Waals surface area contributed by atoms with Crippen LogP contribution < -0.4 is 14.4 Å². The average Bonchev–Trinajstić information content (AvgIpc) is 2.77. The van der Waals surface area contributed by atoms with Crippen LogP contribution in [0.3, 0.4) is 0 Å². The molecular formula is C22H22ClN3O4S. The van der Waals surface area contributed by atoms with Gasteiger partial charge in [0.25, 0.3) is 10.0 Å². The van der Waals surface area contributed by atoms with E-state index in [-0.39, 0.29) is 22.2 Å². The molecule has 7 nitrogen and oxygen atoms in total. The van der Waals surface area contributed by atoms with Crippen molar-refractivity contribution in [3.63, 3.8) is 0 Å².